The van der Waals surface area contributed by atoms with Gasteiger partial charge in [0.2, 0.25) is 0 Å². The fourth-order valence-corrected chi connectivity index (χ4v) is 3.74. The summed E-state index contributed by atoms with van der Waals surface area (Å²) in [4.78, 5) is 23.0. The van der Waals surface area contributed by atoms with Crippen LogP contribution < -0.4 is 5.19 Å². The highest BCUT2D eigenvalue weighted by Gasteiger charge is 2.21. The summed E-state index contributed by atoms with van der Waals surface area (Å²) in [6, 6.07) is 7.84. The van der Waals surface area contributed by atoms with Gasteiger partial charge in [-0.1, -0.05) is 30.8 Å². The number of aryl methyl sites for hydroxylation is 1. The number of allylic oxidation sites excluding steroid dienone is 1. The number of carbonyl (C=O) groups excluding carboxylic acids is 2. The third-order valence-electron chi connectivity index (χ3n) is 3.38. The fourth-order valence-electron chi connectivity index (χ4n) is 2.23. The zero-order valence-corrected chi connectivity index (χ0v) is 14.0. The predicted molar refractivity (Wildman–Crippen MR) is 84.9 cm³/mol. The Bertz CT molecular complexity index is 509. The standard InChI is InChI=1S/C16H22O4Si/c1-12(2)16(18)14(11-17)10-9-13-7-5-6-8-15(13)21(19-3)20-4/h5-8,11,14,21H,1,9-10H2,2-4H3. The van der Waals surface area contributed by atoms with Gasteiger partial charge in [0, 0.05) is 14.2 Å². The van der Waals surface area contributed by atoms with Crippen molar-refractivity contribution >= 4 is 26.5 Å². The number of Topliss-reactive ketones (excluding diaryl/α,β-unsaturated/α-hetero) is 1. The maximum atomic E-state index is 11.9. The molecule has 0 radical (unpaired) electrons. The number of carbonyl (C=O) groups is 2. The van der Waals surface area contributed by atoms with Gasteiger partial charge in [-0.25, -0.2) is 0 Å². The van der Waals surface area contributed by atoms with E-state index < -0.39 is 15.2 Å². The summed E-state index contributed by atoms with van der Waals surface area (Å²) in [6.45, 7) is 5.24. The van der Waals surface area contributed by atoms with Gasteiger partial charge in [-0.2, -0.15) is 0 Å². The Morgan fingerprint density at radius 1 is 1.33 bits per heavy atom. The highest BCUT2D eigenvalue weighted by molar-refractivity contribution is 6.61. The van der Waals surface area contributed by atoms with Crippen molar-refractivity contribution in [1.29, 1.82) is 0 Å². The van der Waals surface area contributed by atoms with E-state index in [1.807, 2.05) is 24.3 Å². The van der Waals surface area contributed by atoms with Gasteiger partial charge < -0.3 is 13.6 Å². The van der Waals surface area contributed by atoms with Gasteiger partial charge in [0.05, 0.1) is 5.92 Å². The number of aldehydes is 1. The number of hydrogen-bond acceptors (Lipinski definition) is 4. The van der Waals surface area contributed by atoms with Crippen molar-refractivity contribution in [1.82, 2.24) is 0 Å². The van der Waals surface area contributed by atoms with E-state index in [4.69, 9.17) is 8.85 Å². The minimum Gasteiger partial charge on any atom is -0.397 e. The monoisotopic (exact) mass is 306 g/mol. The smallest absolute Gasteiger partial charge is 0.355 e. The van der Waals surface area contributed by atoms with Crippen LogP contribution in [-0.4, -0.2) is 35.6 Å². The largest absolute Gasteiger partial charge is 0.397 e. The lowest BCUT2D eigenvalue weighted by Gasteiger charge is -2.16. The topological polar surface area (TPSA) is 52.6 Å². The Morgan fingerprint density at radius 3 is 2.48 bits per heavy atom. The predicted octanol–water partition coefficient (Wildman–Crippen LogP) is 1.30. The first-order valence-corrected chi connectivity index (χ1v) is 8.35. The molecule has 0 saturated carbocycles. The maximum Gasteiger partial charge on any atom is 0.355 e. The van der Waals surface area contributed by atoms with Gasteiger partial charge in [-0.3, -0.25) is 4.79 Å². The summed E-state index contributed by atoms with van der Waals surface area (Å²) in [5.74, 6) is -0.810. The SMILES string of the molecule is C=C(C)C(=O)C(C=O)CCc1ccccc1[SiH](OC)OC. The lowest BCUT2D eigenvalue weighted by Crippen LogP contribution is -2.37. The molecule has 0 bridgehead atoms. The summed E-state index contributed by atoms with van der Waals surface area (Å²) in [6.07, 6.45) is 1.82. The minimum absolute atomic E-state index is 0.185. The molecule has 21 heavy (non-hydrogen) atoms. The lowest BCUT2D eigenvalue weighted by atomic mass is 9.94. The van der Waals surface area contributed by atoms with Crippen LogP contribution >= 0.6 is 0 Å². The number of hydrogen-bond donors (Lipinski definition) is 0. The van der Waals surface area contributed by atoms with Crippen molar-refractivity contribution in [3.8, 4) is 0 Å². The molecule has 0 aliphatic carbocycles. The molecule has 0 heterocycles. The van der Waals surface area contributed by atoms with Crippen LogP contribution in [0.3, 0.4) is 0 Å². The Balaban J connectivity index is 2.86. The van der Waals surface area contributed by atoms with E-state index in [1.165, 1.54) is 0 Å². The second-order valence-electron chi connectivity index (χ2n) is 4.93. The van der Waals surface area contributed by atoms with Crippen LogP contribution in [-0.2, 0) is 24.9 Å². The molecule has 1 aromatic rings. The van der Waals surface area contributed by atoms with E-state index in [-0.39, 0.29) is 5.78 Å². The molecule has 0 amide bonds. The fraction of sp³-hybridized carbons (Fsp3) is 0.375. The van der Waals surface area contributed by atoms with Crippen LogP contribution in [0.15, 0.2) is 36.4 Å². The molecule has 0 spiro atoms. The van der Waals surface area contributed by atoms with Crippen LogP contribution in [0.2, 0.25) is 0 Å². The van der Waals surface area contributed by atoms with E-state index in [2.05, 4.69) is 6.58 Å². The molecule has 0 aromatic heterocycles. The second kappa shape index (κ2) is 8.66. The van der Waals surface area contributed by atoms with Gasteiger partial charge >= 0.3 is 9.28 Å². The molecule has 114 valence electrons. The van der Waals surface area contributed by atoms with Crippen LogP contribution in [0.5, 0.6) is 0 Å². The van der Waals surface area contributed by atoms with E-state index >= 15 is 0 Å². The second-order valence-corrected chi connectivity index (χ2v) is 7.16. The zero-order chi connectivity index (χ0) is 15.8. The van der Waals surface area contributed by atoms with E-state index in [1.54, 1.807) is 21.1 Å². The molecule has 1 rings (SSSR count). The molecule has 4 nitrogen and oxygen atoms in total. The molecule has 1 atom stereocenters. The number of ketones is 1. The van der Waals surface area contributed by atoms with Crippen LogP contribution in [0, 0.1) is 5.92 Å². The first-order chi connectivity index (χ1) is 10.0. The Morgan fingerprint density at radius 2 is 1.95 bits per heavy atom. The first-order valence-electron chi connectivity index (χ1n) is 6.83. The van der Waals surface area contributed by atoms with Crippen LogP contribution in [0.1, 0.15) is 18.9 Å². The summed E-state index contributed by atoms with van der Waals surface area (Å²) >= 11 is 0. The Hall–Kier alpha value is -1.56. The summed E-state index contributed by atoms with van der Waals surface area (Å²) in [5.41, 5.74) is 1.49. The lowest BCUT2D eigenvalue weighted by molar-refractivity contribution is -0.124. The van der Waals surface area contributed by atoms with Gasteiger partial charge in [0.1, 0.15) is 6.29 Å². The van der Waals surface area contributed by atoms with E-state index in [0.717, 1.165) is 10.8 Å². The van der Waals surface area contributed by atoms with Gasteiger partial charge in [-0.15, -0.1) is 0 Å². The van der Waals surface area contributed by atoms with E-state index in [9.17, 15) is 9.59 Å². The van der Waals surface area contributed by atoms with Gasteiger partial charge in [0.15, 0.2) is 5.78 Å². The molecule has 1 aromatic carbocycles. The molecular weight excluding hydrogens is 284 g/mol. The first kappa shape index (κ1) is 17.5. The molecule has 0 N–H and O–H groups in total. The van der Waals surface area contributed by atoms with E-state index in [0.29, 0.717) is 24.7 Å². The molecular formula is C16H22O4Si. The number of rotatable bonds is 9. The molecule has 0 saturated heterocycles. The molecule has 0 aliphatic rings. The quantitative estimate of drug-likeness (QED) is 0.299. The maximum absolute atomic E-state index is 11.9. The Kier molecular flexibility index (Phi) is 7.21. The third-order valence-corrected chi connectivity index (χ3v) is 5.31. The van der Waals surface area contributed by atoms with Crippen molar-refractivity contribution < 1.29 is 18.4 Å². The summed E-state index contributed by atoms with van der Waals surface area (Å²) in [7, 11) is 1.37. The molecule has 1 unspecified atom stereocenters. The van der Waals surface area contributed by atoms with Crippen LogP contribution in [0.4, 0.5) is 0 Å². The van der Waals surface area contributed by atoms with Crippen molar-refractivity contribution in [2.45, 2.75) is 19.8 Å². The normalized spacial score (nSPS) is 12.2. The minimum atomic E-state index is -1.90. The van der Waals surface area contributed by atoms with Crippen molar-refractivity contribution in [2.24, 2.45) is 5.92 Å². The van der Waals surface area contributed by atoms with Gasteiger partial charge in [0.25, 0.3) is 0 Å². The molecule has 0 fully saturated rings. The van der Waals surface area contributed by atoms with Gasteiger partial charge in [-0.05, 0) is 36.1 Å². The average molecular weight is 306 g/mol. The average Bonchev–Trinajstić information content (AvgIpc) is 2.50. The Labute approximate surface area is 127 Å². The van der Waals surface area contributed by atoms with Crippen LogP contribution in [0.25, 0.3) is 0 Å². The highest BCUT2D eigenvalue weighted by atomic mass is 28.3. The van der Waals surface area contributed by atoms with Crippen molar-refractivity contribution in [2.75, 3.05) is 14.2 Å². The third kappa shape index (κ3) is 4.73. The van der Waals surface area contributed by atoms with Crippen molar-refractivity contribution in [3.05, 3.63) is 42.0 Å². The number of benzene rings is 1. The van der Waals surface area contributed by atoms with Crippen molar-refractivity contribution in [3.63, 3.8) is 0 Å². The molecule has 5 heteroatoms. The zero-order valence-electron chi connectivity index (χ0n) is 12.8. The summed E-state index contributed by atoms with van der Waals surface area (Å²) < 4.78 is 10.8. The summed E-state index contributed by atoms with van der Waals surface area (Å²) in [5, 5.41) is 1.05. The highest BCUT2D eigenvalue weighted by Crippen LogP contribution is 2.12. The molecule has 0 aliphatic heterocycles.